The van der Waals surface area contributed by atoms with Gasteiger partial charge in [-0.2, -0.15) is 0 Å². The molecular formula is C15H19N3O3. The standard InChI is InChI=1S/C15H19N3O3/c19-14(11-18-8-6-16-7-9-18)17-13-3-1-2-12(10-13)4-5-15(20)21/h1-5,10,16H,6-9,11H2,(H,17,19)(H,20,21)/b5-4+. The molecule has 0 bridgehead atoms. The number of rotatable bonds is 5. The summed E-state index contributed by atoms with van der Waals surface area (Å²) < 4.78 is 0. The minimum atomic E-state index is -0.997. The van der Waals surface area contributed by atoms with Crippen LogP contribution in [0.1, 0.15) is 5.56 Å². The zero-order valence-corrected chi connectivity index (χ0v) is 11.7. The summed E-state index contributed by atoms with van der Waals surface area (Å²) in [6.45, 7) is 3.92. The normalized spacial score (nSPS) is 16.0. The van der Waals surface area contributed by atoms with E-state index < -0.39 is 5.97 Å². The summed E-state index contributed by atoms with van der Waals surface area (Å²) in [7, 11) is 0. The van der Waals surface area contributed by atoms with Crippen LogP contribution in [0.3, 0.4) is 0 Å². The Morgan fingerprint density at radius 3 is 2.81 bits per heavy atom. The summed E-state index contributed by atoms with van der Waals surface area (Å²) in [5.41, 5.74) is 1.40. The number of anilines is 1. The van der Waals surface area contributed by atoms with Crippen LogP contribution in [0.2, 0.25) is 0 Å². The van der Waals surface area contributed by atoms with Gasteiger partial charge in [0.25, 0.3) is 0 Å². The molecule has 0 unspecified atom stereocenters. The van der Waals surface area contributed by atoms with Gasteiger partial charge in [-0.15, -0.1) is 0 Å². The molecule has 112 valence electrons. The maximum Gasteiger partial charge on any atom is 0.328 e. The van der Waals surface area contributed by atoms with Crippen molar-refractivity contribution in [2.45, 2.75) is 0 Å². The van der Waals surface area contributed by atoms with Crippen molar-refractivity contribution in [3.63, 3.8) is 0 Å². The van der Waals surface area contributed by atoms with E-state index in [1.165, 1.54) is 6.08 Å². The third-order valence-corrected chi connectivity index (χ3v) is 3.17. The Hall–Kier alpha value is -2.18. The molecule has 1 amide bonds. The molecule has 0 radical (unpaired) electrons. The van der Waals surface area contributed by atoms with Crippen LogP contribution in [-0.2, 0) is 9.59 Å². The molecule has 1 aliphatic rings. The summed E-state index contributed by atoms with van der Waals surface area (Å²) in [6, 6.07) is 7.09. The molecule has 0 aromatic heterocycles. The summed E-state index contributed by atoms with van der Waals surface area (Å²) in [5, 5.41) is 14.7. The van der Waals surface area contributed by atoms with Crippen molar-refractivity contribution >= 4 is 23.6 Å². The molecule has 1 fully saturated rings. The number of carbonyl (C=O) groups excluding carboxylic acids is 1. The van der Waals surface area contributed by atoms with Crippen LogP contribution in [0.25, 0.3) is 6.08 Å². The second kappa shape index (κ2) is 7.56. The number of carbonyl (C=O) groups is 2. The van der Waals surface area contributed by atoms with Gasteiger partial charge in [0.1, 0.15) is 0 Å². The third kappa shape index (κ3) is 5.37. The molecule has 1 aliphatic heterocycles. The number of carboxylic acids is 1. The van der Waals surface area contributed by atoms with E-state index in [0.717, 1.165) is 37.8 Å². The van der Waals surface area contributed by atoms with Crippen LogP contribution in [0.15, 0.2) is 30.3 Å². The lowest BCUT2D eigenvalue weighted by molar-refractivity contribution is -0.131. The first-order chi connectivity index (χ1) is 10.1. The maximum absolute atomic E-state index is 12.0. The minimum absolute atomic E-state index is 0.0590. The van der Waals surface area contributed by atoms with Gasteiger partial charge in [0.2, 0.25) is 5.91 Å². The quantitative estimate of drug-likeness (QED) is 0.693. The first kappa shape index (κ1) is 15.2. The largest absolute Gasteiger partial charge is 0.478 e. The predicted octanol–water partition coefficient (Wildman–Crippen LogP) is 0.628. The van der Waals surface area contributed by atoms with Gasteiger partial charge in [0, 0.05) is 37.9 Å². The van der Waals surface area contributed by atoms with Crippen molar-refractivity contribution in [3.05, 3.63) is 35.9 Å². The van der Waals surface area contributed by atoms with E-state index in [-0.39, 0.29) is 5.91 Å². The Bertz CT molecular complexity index is 537. The van der Waals surface area contributed by atoms with Crippen molar-refractivity contribution in [2.24, 2.45) is 0 Å². The van der Waals surface area contributed by atoms with Crippen molar-refractivity contribution in [2.75, 3.05) is 38.0 Å². The number of benzene rings is 1. The number of nitrogens with zero attached hydrogens (tertiary/aromatic N) is 1. The minimum Gasteiger partial charge on any atom is -0.478 e. The molecule has 0 spiro atoms. The molecule has 21 heavy (non-hydrogen) atoms. The Balaban J connectivity index is 1.90. The number of amides is 1. The monoisotopic (exact) mass is 289 g/mol. The fourth-order valence-electron chi connectivity index (χ4n) is 2.16. The van der Waals surface area contributed by atoms with E-state index in [4.69, 9.17) is 5.11 Å². The van der Waals surface area contributed by atoms with Gasteiger partial charge in [-0.3, -0.25) is 9.69 Å². The smallest absolute Gasteiger partial charge is 0.328 e. The van der Waals surface area contributed by atoms with Crippen LogP contribution in [0.5, 0.6) is 0 Å². The SMILES string of the molecule is O=C(O)/C=C/c1cccc(NC(=O)CN2CCNCC2)c1. The molecular weight excluding hydrogens is 270 g/mol. The molecule has 1 heterocycles. The molecule has 0 atom stereocenters. The highest BCUT2D eigenvalue weighted by molar-refractivity contribution is 5.92. The van der Waals surface area contributed by atoms with Gasteiger partial charge in [-0.25, -0.2) is 4.79 Å². The lowest BCUT2D eigenvalue weighted by Crippen LogP contribution is -2.46. The number of hydrogen-bond acceptors (Lipinski definition) is 4. The highest BCUT2D eigenvalue weighted by atomic mass is 16.4. The van der Waals surface area contributed by atoms with E-state index in [1.807, 2.05) is 0 Å². The van der Waals surface area contributed by atoms with Gasteiger partial charge in [0.05, 0.1) is 6.54 Å². The zero-order chi connectivity index (χ0) is 15.1. The third-order valence-electron chi connectivity index (χ3n) is 3.17. The lowest BCUT2D eigenvalue weighted by atomic mass is 10.2. The summed E-state index contributed by atoms with van der Waals surface area (Å²) in [5.74, 6) is -1.06. The number of piperazine rings is 1. The number of aliphatic carboxylic acids is 1. The first-order valence-corrected chi connectivity index (χ1v) is 6.87. The predicted molar refractivity (Wildman–Crippen MR) is 81.1 cm³/mol. The highest BCUT2D eigenvalue weighted by Gasteiger charge is 2.13. The second-order valence-electron chi connectivity index (χ2n) is 4.87. The van der Waals surface area contributed by atoms with E-state index >= 15 is 0 Å². The highest BCUT2D eigenvalue weighted by Crippen LogP contribution is 2.12. The molecule has 2 rings (SSSR count). The zero-order valence-electron chi connectivity index (χ0n) is 11.7. The van der Waals surface area contributed by atoms with Crippen LogP contribution in [-0.4, -0.2) is 54.6 Å². The Labute approximate surface area is 123 Å². The van der Waals surface area contributed by atoms with Crippen molar-refractivity contribution in [1.82, 2.24) is 10.2 Å². The van der Waals surface area contributed by atoms with Gasteiger partial charge in [-0.05, 0) is 23.8 Å². The van der Waals surface area contributed by atoms with Gasteiger partial charge in [-0.1, -0.05) is 12.1 Å². The fraction of sp³-hybridized carbons (Fsp3) is 0.333. The Morgan fingerprint density at radius 1 is 1.33 bits per heavy atom. The number of hydrogen-bond donors (Lipinski definition) is 3. The second-order valence-corrected chi connectivity index (χ2v) is 4.87. The Morgan fingerprint density at radius 2 is 2.10 bits per heavy atom. The maximum atomic E-state index is 12.0. The van der Waals surface area contributed by atoms with Gasteiger partial charge in [0.15, 0.2) is 0 Å². The van der Waals surface area contributed by atoms with Crippen LogP contribution < -0.4 is 10.6 Å². The van der Waals surface area contributed by atoms with Crippen molar-refractivity contribution in [1.29, 1.82) is 0 Å². The summed E-state index contributed by atoms with van der Waals surface area (Å²) in [6.07, 6.45) is 2.57. The van der Waals surface area contributed by atoms with Crippen molar-refractivity contribution < 1.29 is 14.7 Å². The lowest BCUT2D eigenvalue weighted by Gasteiger charge is -2.26. The van der Waals surface area contributed by atoms with Crippen LogP contribution in [0, 0.1) is 0 Å². The Kier molecular flexibility index (Phi) is 5.48. The van der Waals surface area contributed by atoms with E-state index in [2.05, 4.69) is 15.5 Å². The van der Waals surface area contributed by atoms with Crippen molar-refractivity contribution in [3.8, 4) is 0 Å². The number of nitrogens with one attached hydrogen (secondary N) is 2. The van der Waals surface area contributed by atoms with Gasteiger partial charge < -0.3 is 15.7 Å². The molecule has 3 N–H and O–H groups in total. The number of carboxylic acid groups (broad SMARTS) is 1. The van der Waals surface area contributed by atoms with E-state index in [0.29, 0.717) is 12.2 Å². The molecule has 1 aromatic carbocycles. The molecule has 1 saturated heterocycles. The molecule has 1 aromatic rings. The average molecular weight is 289 g/mol. The van der Waals surface area contributed by atoms with E-state index in [1.54, 1.807) is 24.3 Å². The summed E-state index contributed by atoms with van der Waals surface area (Å²) >= 11 is 0. The molecule has 6 nitrogen and oxygen atoms in total. The van der Waals surface area contributed by atoms with Crippen LogP contribution >= 0.6 is 0 Å². The van der Waals surface area contributed by atoms with E-state index in [9.17, 15) is 9.59 Å². The average Bonchev–Trinajstić information content (AvgIpc) is 2.46. The molecule has 0 aliphatic carbocycles. The molecule has 6 heteroatoms. The fourth-order valence-corrected chi connectivity index (χ4v) is 2.16. The summed E-state index contributed by atoms with van der Waals surface area (Å²) in [4.78, 5) is 24.6. The van der Waals surface area contributed by atoms with Crippen LogP contribution in [0.4, 0.5) is 5.69 Å². The first-order valence-electron chi connectivity index (χ1n) is 6.87. The topological polar surface area (TPSA) is 81.7 Å². The van der Waals surface area contributed by atoms with Gasteiger partial charge >= 0.3 is 5.97 Å². The molecule has 0 saturated carbocycles.